The topological polar surface area (TPSA) is 49.9 Å². The van der Waals surface area contributed by atoms with Crippen LogP contribution in [0.1, 0.15) is 56.8 Å². The first kappa shape index (κ1) is 21.4. The van der Waals surface area contributed by atoms with Gasteiger partial charge in [0, 0.05) is 44.6 Å². The average Bonchev–Trinajstić information content (AvgIpc) is 2.69. The molecule has 1 heterocycles. The molecule has 0 aliphatic carbocycles. The Hall–Kier alpha value is -1.88. The highest BCUT2D eigenvalue weighted by atomic mass is 16.5. The molecule has 0 spiro atoms. The lowest BCUT2D eigenvalue weighted by atomic mass is 10.1. The second-order valence-electron chi connectivity index (χ2n) is 7.70. The van der Waals surface area contributed by atoms with Gasteiger partial charge in [0.05, 0.1) is 6.61 Å². The number of carbonyl (C=O) groups excluding carboxylic acids is 2. The third kappa shape index (κ3) is 7.33. The molecule has 0 unspecified atom stereocenters. The number of benzene rings is 1. The highest BCUT2D eigenvalue weighted by molar-refractivity contribution is 5.98. The van der Waals surface area contributed by atoms with Crippen LogP contribution < -0.4 is 4.74 Å². The number of ketones is 1. The first-order valence-corrected chi connectivity index (χ1v) is 10.3. The van der Waals surface area contributed by atoms with Gasteiger partial charge in [-0.2, -0.15) is 0 Å². The van der Waals surface area contributed by atoms with Crippen LogP contribution in [0.3, 0.4) is 0 Å². The van der Waals surface area contributed by atoms with Gasteiger partial charge in [0.25, 0.3) is 0 Å². The Morgan fingerprint density at radius 3 is 2.30 bits per heavy atom. The molecule has 0 aromatic heterocycles. The first-order valence-electron chi connectivity index (χ1n) is 10.3. The van der Waals surface area contributed by atoms with Crippen LogP contribution in [-0.2, 0) is 4.79 Å². The zero-order valence-electron chi connectivity index (χ0n) is 17.1. The third-order valence-corrected chi connectivity index (χ3v) is 4.96. The summed E-state index contributed by atoms with van der Waals surface area (Å²) in [5.74, 6) is 1.60. The van der Waals surface area contributed by atoms with Gasteiger partial charge >= 0.3 is 0 Å². The van der Waals surface area contributed by atoms with Gasteiger partial charge in [0.2, 0.25) is 5.91 Å². The Bertz CT molecular complexity index is 590. The van der Waals surface area contributed by atoms with Crippen LogP contribution in [0.4, 0.5) is 0 Å². The minimum atomic E-state index is 0.0148. The van der Waals surface area contributed by atoms with Crippen molar-refractivity contribution in [2.75, 3.05) is 39.3 Å². The summed E-state index contributed by atoms with van der Waals surface area (Å²) < 4.78 is 5.53. The van der Waals surface area contributed by atoms with Crippen molar-refractivity contribution in [1.29, 1.82) is 0 Å². The Morgan fingerprint density at radius 2 is 1.70 bits per heavy atom. The van der Waals surface area contributed by atoms with Gasteiger partial charge in [-0.25, -0.2) is 0 Å². The molecule has 0 bridgehead atoms. The maximum Gasteiger partial charge on any atom is 0.223 e. The Labute approximate surface area is 163 Å². The summed E-state index contributed by atoms with van der Waals surface area (Å²) in [7, 11) is 0. The highest BCUT2D eigenvalue weighted by Crippen LogP contribution is 2.15. The minimum absolute atomic E-state index is 0.0148. The quantitative estimate of drug-likeness (QED) is 0.587. The minimum Gasteiger partial charge on any atom is -0.494 e. The number of nitrogens with zero attached hydrogens (tertiary/aromatic N) is 2. The van der Waals surface area contributed by atoms with Crippen LogP contribution in [0.2, 0.25) is 0 Å². The fourth-order valence-electron chi connectivity index (χ4n) is 3.14. The van der Waals surface area contributed by atoms with Gasteiger partial charge in [-0.1, -0.05) is 20.8 Å². The van der Waals surface area contributed by atoms with E-state index >= 15 is 0 Å². The summed E-state index contributed by atoms with van der Waals surface area (Å²) in [6.45, 7) is 11.7. The summed E-state index contributed by atoms with van der Waals surface area (Å²) in [6, 6.07) is 7.21. The lowest BCUT2D eigenvalue weighted by Gasteiger charge is -2.35. The average molecular weight is 375 g/mol. The molecule has 1 aliphatic rings. The smallest absolute Gasteiger partial charge is 0.223 e. The van der Waals surface area contributed by atoms with E-state index in [-0.39, 0.29) is 18.1 Å². The summed E-state index contributed by atoms with van der Waals surface area (Å²) in [6.07, 6.45) is 2.71. The number of amides is 1. The van der Waals surface area contributed by atoms with Crippen molar-refractivity contribution in [2.24, 2.45) is 5.92 Å². The van der Waals surface area contributed by atoms with Crippen molar-refractivity contribution >= 4 is 11.7 Å². The van der Waals surface area contributed by atoms with E-state index < -0.39 is 0 Å². The standard InChI is InChI=1S/C22H34N2O3/c1-4-17-27-20-7-5-19(6-8-20)21(25)9-10-22(26)24-15-13-23(14-16-24)12-11-18(2)3/h5-8,18H,4,9-17H2,1-3H3. The number of Topliss-reactive ketones (excluding diaryl/α,β-unsaturated/α-hetero) is 1. The lowest BCUT2D eigenvalue weighted by molar-refractivity contribution is -0.132. The molecule has 5 heteroatoms. The van der Waals surface area contributed by atoms with Crippen molar-refractivity contribution in [1.82, 2.24) is 9.80 Å². The van der Waals surface area contributed by atoms with E-state index in [1.807, 2.05) is 17.0 Å². The molecule has 0 radical (unpaired) electrons. The van der Waals surface area contributed by atoms with Crippen molar-refractivity contribution in [3.63, 3.8) is 0 Å². The zero-order valence-corrected chi connectivity index (χ0v) is 17.1. The van der Waals surface area contributed by atoms with E-state index in [2.05, 4.69) is 25.7 Å². The molecule has 2 rings (SSSR count). The molecule has 1 aromatic carbocycles. The maximum atomic E-state index is 12.4. The molecule has 150 valence electrons. The fraction of sp³-hybridized carbons (Fsp3) is 0.636. The van der Waals surface area contributed by atoms with Crippen molar-refractivity contribution in [3.05, 3.63) is 29.8 Å². The van der Waals surface area contributed by atoms with Gasteiger partial charge in [-0.3, -0.25) is 14.5 Å². The van der Waals surface area contributed by atoms with Crippen molar-refractivity contribution in [3.8, 4) is 5.75 Å². The van der Waals surface area contributed by atoms with Gasteiger partial charge in [0.15, 0.2) is 5.78 Å². The number of ether oxygens (including phenoxy) is 1. The van der Waals surface area contributed by atoms with Gasteiger partial charge in [-0.05, 0) is 49.6 Å². The molecule has 1 aliphatic heterocycles. The van der Waals surface area contributed by atoms with Crippen LogP contribution in [0.25, 0.3) is 0 Å². The van der Waals surface area contributed by atoms with Gasteiger partial charge < -0.3 is 9.64 Å². The van der Waals surface area contributed by atoms with Gasteiger partial charge in [0.1, 0.15) is 5.75 Å². The molecular weight excluding hydrogens is 340 g/mol. The van der Waals surface area contributed by atoms with Crippen LogP contribution in [0, 0.1) is 5.92 Å². The number of hydrogen-bond donors (Lipinski definition) is 0. The normalized spacial score (nSPS) is 15.2. The van der Waals surface area contributed by atoms with Crippen LogP contribution >= 0.6 is 0 Å². The van der Waals surface area contributed by atoms with Crippen LogP contribution in [-0.4, -0.2) is 60.8 Å². The lowest BCUT2D eigenvalue weighted by Crippen LogP contribution is -2.49. The largest absolute Gasteiger partial charge is 0.494 e. The monoisotopic (exact) mass is 374 g/mol. The Morgan fingerprint density at radius 1 is 1.04 bits per heavy atom. The molecular formula is C22H34N2O3. The van der Waals surface area contributed by atoms with E-state index in [1.54, 1.807) is 12.1 Å². The van der Waals surface area contributed by atoms with E-state index in [0.717, 1.165) is 44.9 Å². The van der Waals surface area contributed by atoms with E-state index in [0.29, 0.717) is 24.5 Å². The summed E-state index contributed by atoms with van der Waals surface area (Å²) >= 11 is 0. The summed E-state index contributed by atoms with van der Waals surface area (Å²) in [5, 5.41) is 0. The van der Waals surface area contributed by atoms with Crippen molar-refractivity contribution < 1.29 is 14.3 Å². The molecule has 1 amide bonds. The van der Waals surface area contributed by atoms with Crippen LogP contribution in [0.15, 0.2) is 24.3 Å². The Balaban J connectivity index is 1.71. The number of piperazine rings is 1. The predicted molar refractivity (Wildman–Crippen MR) is 108 cm³/mol. The number of hydrogen-bond acceptors (Lipinski definition) is 4. The van der Waals surface area contributed by atoms with E-state index in [9.17, 15) is 9.59 Å². The second-order valence-corrected chi connectivity index (χ2v) is 7.70. The Kier molecular flexibility index (Phi) is 8.79. The van der Waals surface area contributed by atoms with Crippen molar-refractivity contribution in [2.45, 2.75) is 46.5 Å². The SMILES string of the molecule is CCCOc1ccc(C(=O)CCC(=O)N2CCN(CCC(C)C)CC2)cc1. The molecule has 0 atom stereocenters. The van der Waals surface area contributed by atoms with E-state index in [4.69, 9.17) is 4.74 Å². The van der Waals surface area contributed by atoms with E-state index in [1.165, 1.54) is 6.42 Å². The first-order chi connectivity index (χ1) is 13.0. The predicted octanol–water partition coefficient (Wildman–Crippen LogP) is 3.63. The third-order valence-electron chi connectivity index (χ3n) is 4.96. The highest BCUT2D eigenvalue weighted by Gasteiger charge is 2.21. The molecule has 1 aromatic rings. The summed E-state index contributed by atoms with van der Waals surface area (Å²) in [4.78, 5) is 29.1. The summed E-state index contributed by atoms with van der Waals surface area (Å²) in [5.41, 5.74) is 0.644. The molecule has 27 heavy (non-hydrogen) atoms. The number of rotatable bonds is 10. The molecule has 1 fully saturated rings. The maximum absolute atomic E-state index is 12.4. The molecule has 0 saturated carbocycles. The fourth-order valence-corrected chi connectivity index (χ4v) is 3.14. The number of carbonyl (C=O) groups is 2. The van der Waals surface area contributed by atoms with Crippen LogP contribution in [0.5, 0.6) is 5.75 Å². The van der Waals surface area contributed by atoms with Gasteiger partial charge in [-0.15, -0.1) is 0 Å². The zero-order chi connectivity index (χ0) is 19.6. The molecule has 1 saturated heterocycles. The molecule has 0 N–H and O–H groups in total. The molecule has 5 nitrogen and oxygen atoms in total. The second kappa shape index (κ2) is 11.1.